The van der Waals surface area contributed by atoms with Crippen molar-refractivity contribution in [3.63, 3.8) is 0 Å². The van der Waals surface area contributed by atoms with E-state index in [1.165, 1.54) is 0 Å². The molecule has 0 saturated carbocycles. The summed E-state index contributed by atoms with van der Waals surface area (Å²) in [5.41, 5.74) is 0.738. The molecule has 0 spiro atoms. The predicted octanol–water partition coefficient (Wildman–Crippen LogP) is 2.23. The highest BCUT2D eigenvalue weighted by Gasteiger charge is 2.28. The maximum Gasteiger partial charge on any atom is 0.241 e. The van der Waals surface area contributed by atoms with Crippen molar-refractivity contribution in [2.24, 2.45) is 5.92 Å². The van der Waals surface area contributed by atoms with Crippen LogP contribution >= 0.6 is 0 Å². The Morgan fingerprint density at radius 1 is 1.50 bits per heavy atom. The fourth-order valence-electron chi connectivity index (χ4n) is 2.64. The third kappa shape index (κ3) is 3.37. The molecule has 0 aromatic heterocycles. The Balaban J connectivity index is 1.92. The number of nitrogens with one attached hydrogen (secondary N) is 1. The number of nitrogens with zero attached hydrogens (tertiary/aromatic N) is 1. The van der Waals surface area contributed by atoms with Crippen molar-refractivity contribution in [1.82, 2.24) is 5.32 Å². The SMILES string of the molecule is CCC1OCCC1CNC(=O)C(C#N)c1ccccc1. The van der Waals surface area contributed by atoms with Crippen LogP contribution in [0.15, 0.2) is 30.3 Å². The maximum atomic E-state index is 12.2. The van der Waals surface area contributed by atoms with E-state index < -0.39 is 5.92 Å². The summed E-state index contributed by atoms with van der Waals surface area (Å²) in [7, 11) is 0. The standard InChI is InChI=1S/C16H20N2O2/c1-2-15-13(8-9-20-15)11-18-16(19)14(10-17)12-6-4-3-5-7-12/h3-7,13-15H,2,8-9,11H2,1H3,(H,18,19). The van der Waals surface area contributed by atoms with E-state index in [9.17, 15) is 10.1 Å². The summed E-state index contributed by atoms with van der Waals surface area (Å²) in [6.45, 7) is 3.44. The third-order valence-corrected chi connectivity index (χ3v) is 3.81. The first-order valence-electron chi connectivity index (χ1n) is 7.10. The average Bonchev–Trinajstić information content (AvgIpc) is 2.94. The van der Waals surface area contributed by atoms with Gasteiger partial charge in [-0.3, -0.25) is 4.79 Å². The monoisotopic (exact) mass is 272 g/mol. The van der Waals surface area contributed by atoms with Crippen molar-refractivity contribution in [3.8, 4) is 6.07 Å². The van der Waals surface area contributed by atoms with E-state index in [-0.39, 0.29) is 12.0 Å². The van der Waals surface area contributed by atoms with Crippen LogP contribution in [0, 0.1) is 17.2 Å². The van der Waals surface area contributed by atoms with Crippen molar-refractivity contribution in [1.29, 1.82) is 5.26 Å². The van der Waals surface area contributed by atoms with Crippen LogP contribution in [0.4, 0.5) is 0 Å². The van der Waals surface area contributed by atoms with Gasteiger partial charge >= 0.3 is 0 Å². The van der Waals surface area contributed by atoms with Gasteiger partial charge in [0.05, 0.1) is 12.2 Å². The van der Waals surface area contributed by atoms with Crippen molar-refractivity contribution < 1.29 is 9.53 Å². The van der Waals surface area contributed by atoms with Gasteiger partial charge in [0.2, 0.25) is 5.91 Å². The van der Waals surface area contributed by atoms with Crippen LogP contribution < -0.4 is 5.32 Å². The summed E-state index contributed by atoms with van der Waals surface area (Å²) >= 11 is 0. The number of hydrogen-bond donors (Lipinski definition) is 1. The van der Waals surface area contributed by atoms with Gasteiger partial charge in [0.1, 0.15) is 5.92 Å². The molecule has 20 heavy (non-hydrogen) atoms. The van der Waals surface area contributed by atoms with Crippen LogP contribution in [0.5, 0.6) is 0 Å². The summed E-state index contributed by atoms with van der Waals surface area (Å²) in [4.78, 5) is 12.2. The van der Waals surface area contributed by atoms with E-state index in [2.05, 4.69) is 18.3 Å². The van der Waals surface area contributed by atoms with Crippen LogP contribution in [0.25, 0.3) is 0 Å². The summed E-state index contributed by atoms with van der Waals surface area (Å²) < 4.78 is 5.60. The molecule has 1 saturated heterocycles. The molecular weight excluding hydrogens is 252 g/mol. The fourth-order valence-corrected chi connectivity index (χ4v) is 2.64. The molecule has 0 aliphatic carbocycles. The van der Waals surface area contributed by atoms with Gasteiger partial charge in [-0.15, -0.1) is 0 Å². The number of hydrogen-bond acceptors (Lipinski definition) is 3. The molecule has 106 valence electrons. The first-order valence-corrected chi connectivity index (χ1v) is 7.10. The van der Waals surface area contributed by atoms with Crippen molar-refractivity contribution in [2.45, 2.75) is 31.8 Å². The van der Waals surface area contributed by atoms with Gasteiger partial charge in [-0.2, -0.15) is 5.26 Å². The Morgan fingerprint density at radius 2 is 2.25 bits per heavy atom. The minimum Gasteiger partial charge on any atom is -0.378 e. The Kier molecular flexibility index (Phi) is 5.14. The lowest BCUT2D eigenvalue weighted by atomic mass is 9.97. The quantitative estimate of drug-likeness (QED) is 0.894. The van der Waals surface area contributed by atoms with E-state index in [1.807, 2.05) is 18.2 Å². The number of ether oxygens (including phenoxy) is 1. The number of amides is 1. The summed E-state index contributed by atoms with van der Waals surface area (Å²) in [5.74, 6) is -0.599. The number of nitriles is 1. The second-order valence-electron chi connectivity index (χ2n) is 5.08. The van der Waals surface area contributed by atoms with Gasteiger partial charge in [0.25, 0.3) is 0 Å². The van der Waals surface area contributed by atoms with Crippen molar-refractivity contribution in [3.05, 3.63) is 35.9 Å². The highest BCUT2D eigenvalue weighted by Crippen LogP contribution is 2.23. The number of carbonyl (C=O) groups is 1. The molecule has 1 heterocycles. The van der Waals surface area contributed by atoms with E-state index in [0.717, 1.165) is 25.0 Å². The van der Waals surface area contributed by atoms with Gasteiger partial charge in [-0.25, -0.2) is 0 Å². The lowest BCUT2D eigenvalue weighted by Crippen LogP contribution is -2.35. The molecular formula is C16H20N2O2. The minimum atomic E-state index is -0.737. The Morgan fingerprint density at radius 3 is 2.90 bits per heavy atom. The average molecular weight is 272 g/mol. The van der Waals surface area contributed by atoms with E-state index >= 15 is 0 Å². The van der Waals surface area contributed by atoms with Crippen LogP contribution in [0.3, 0.4) is 0 Å². The van der Waals surface area contributed by atoms with Gasteiger partial charge in [-0.1, -0.05) is 37.3 Å². The van der Waals surface area contributed by atoms with E-state index in [0.29, 0.717) is 12.5 Å². The van der Waals surface area contributed by atoms with Crippen molar-refractivity contribution in [2.75, 3.05) is 13.2 Å². The zero-order valence-corrected chi connectivity index (χ0v) is 11.7. The molecule has 1 amide bonds. The predicted molar refractivity (Wildman–Crippen MR) is 75.9 cm³/mol. The molecule has 1 aliphatic rings. The minimum absolute atomic E-state index is 0.222. The number of rotatable bonds is 5. The molecule has 1 fully saturated rings. The Bertz CT molecular complexity index is 481. The lowest BCUT2D eigenvalue weighted by molar-refractivity contribution is -0.121. The molecule has 4 heteroatoms. The molecule has 1 aliphatic heterocycles. The summed E-state index contributed by atoms with van der Waals surface area (Å²) in [5, 5.41) is 12.1. The highest BCUT2D eigenvalue weighted by atomic mass is 16.5. The molecule has 0 radical (unpaired) electrons. The highest BCUT2D eigenvalue weighted by molar-refractivity contribution is 5.86. The largest absolute Gasteiger partial charge is 0.378 e. The van der Waals surface area contributed by atoms with Gasteiger partial charge < -0.3 is 10.1 Å². The zero-order chi connectivity index (χ0) is 14.4. The lowest BCUT2D eigenvalue weighted by Gasteiger charge is -2.18. The van der Waals surface area contributed by atoms with Crippen LogP contribution in [0.1, 0.15) is 31.2 Å². The van der Waals surface area contributed by atoms with Gasteiger partial charge in [0.15, 0.2) is 0 Å². The van der Waals surface area contributed by atoms with Crippen LogP contribution in [-0.2, 0) is 9.53 Å². The molecule has 3 unspecified atom stereocenters. The zero-order valence-electron chi connectivity index (χ0n) is 11.7. The molecule has 1 N–H and O–H groups in total. The number of benzene rings is 1. The van der Waals surface area contributed by atoms with Gasteiger partial charge in [-0.05, 0) is 18.4 Å². The molecule has 1 aromatic rings. The molecule has 1 aromatic carbocycles. The third-order valence-electron chi connectivity index (χ3n) is 3.81. The van der Waals surface area contributed by atoms with Crippen LogP contribution in [0.2, 0.25) is 0 Å². The topological polar surface area (TPSA) is 62.1 Å². The second-order valence-corrected chi connectivity index (χ2v) is 5.08. The molecule has 3 atom stereocenters. The summed E-state index contributed by atoms with van der Waals surface area (Å²) in [6.07, 6.45) is 2.16. The van der Waals surface area contributed by atoms with Crippen molar-refractivity contribution >= 4 is 5.91 Å². The van der Waals surface area contributed by atoms with Crippen LogP contribution in [-0.4, -0.2) is 25.2 Å². The van der Waals surface area contributed by atoms with E-state index in [1.54, 1.807) is 12.1 Å². The summed E-state index contributed by atoms with van der Waals surface area (Å²) in [6, 6.07) is 11.2. The van der Waals surface area contributed by atoms with Gasteiger partial charge in [0, 0.05) is 19.1 Å². The molecule has 2 rings (SSSR count). The first-order chi connectivity index (χ1) is 9.76. The molecule has 4 nitrogen and oxygen atoms in total. The van der Waals surface area contributed by atoms with E-state index in [4.69, 9.17) is 4.74 Å². The fraction of sp³-hybridized carbons (Fsp3) is 0.500. The normalized spacial score (nSPS) is 23.0. The Labute approximate surface area is 119 Å². The smallest absolute Gasteiger partial charge is 0.241 e. The molecule has 0 bridgehead atoms. The maximum absolute atomic E-state index is 12.2. The first kappa shape index (κ1) is 14.5. The Hall–Kier alpha value is -1.86. The number of carbonyl (C=O) groups excluding carboxylic acids is 1. The second kappa shape index (κ2) is 7.06.